The molecule has 1 aliphatic heterocycles. The van der Waals surface area contributed by atoms with Gasteiger partial charge in [0.15, 0.2) is 6.54 Å². The molecule has 0 radical (unpaired) electrons. The molecule has 0 saturated carbocycles. The minimum atomic E-state index is -4.37. The van der Waals surface area contributed by atoms with E-state index in [9.17, 15) is 13.0 Å². The number of hydrogen-bond acceptors (Lipinski definition) is 6. The van der Waals surface area contributed by atoms with E-state index in [1.165, 1.54) is 28.3 Å². The molecule has 0 N–H and O–H groups in total. The van der Waals surface area contributed by atoms with Crippen molar-refractivity contribution in [2.24, 2.45) is 0 Å². The predicted molar refractivity (Wildman–Crippen MR) is 179 cm³/mol. The van der Waals surface area contributed by atoms with Gasteiger partial charge in [0, 0.05) is 29.2 Å². The highest BCUT2D eigenvalue weighted by atomic mass is 32.2. The van der Waals surface area contributed by atoms with Crippen LogP contribution in [0.15, 0.2) is 107 Å². The Morgan fingerprint density at radius 1 is 0.884 bits per heavy atom. The van der Waals surface area contributed by atoms with Crippen molar-refractivity contribution >= 4 is 55.2 Å². The summed E-state index contributed by atoms with van der Waals surface area (Å²) in [6.45, 7) is 5.06. The normalized spacial score (nSPS) is 14.9. The molecule has 1 atom stereocenters. The van der Waals surface area contributed by atoms with Crippen molar-refractivity contribution in [3.63, 3.8) is 0 Å². The van der Waals surface area contributed by atoms with E-state index in [-0.39, 0.29) is 6.42 Å². The van der Waals surface area contributed by atoms with Crippen molar-refractivity contribution in [2.75, 3.05) is 11.4 Å². The van der Waals surface area contributed by atoms with Crippen LogP contribution < -0.4 is 9.47 Å². The smallest absolute Gasteiger partial charge is 0.265 e. The fourth-order valence-corrected chi connectivity index (χ4v) is 8.06. The molecule has 0 bridgehead atoms. The van der Waals surface area contributed by atoms with Crippen LogP contribution in [0.4, 0.5) is 5.69 Å². The van der Waals surface area contributed by atoms with Gasteiger partial charge in [-0.15, -0.1) is 0 Å². The molecule has 0 amide bonds. The third-order valence-corrected chi connectivity index (χ3v) is 11.4. The quantitative estimate of drug-likeness (QED) is 0.115. The number of fused-ring (bicyclic) bond motifs is 2. The number of aromatic nitrogens is 1. The lowest BCUT2D eigenvalue weighted by molar-refractivity contribution is -0.669. The van der Waals surface area contributed by atoms with Crippen LogP contribution >= 0.6 is 23.1 Å². The van der Waals surface area contributed by atoms with Crippen LogP contribution in [0, 0.1) is 0 Å². The number of rotatable bonds is 10. The minimum absolute atomic E-state index is 0.251. The average Bonchev–Trinajstić information content (AvgIpc) is 3.54. The van der Waals surface area contributed by atoms with Gasteiger partial charge in [0.1, 0.15) is 4.70 Å². The first-order chi connectivity index (χ1) is 20.8. The zero-order valence-electron chi connectivity index (χ0n) is 24.3. The molecule has 220 valence electrons. The molecule has 1 aromatic heterocycles. The largest absolute Gasteiger partial charge is 0.748 e. The second-order valence-corrected chi connectivity index (χ2v) is 14.8. The molecule has 1 unspecified atom stereocenters. The number of thiazole rings is 1. The first kappa shape index (κ1) is 29.6. The van der Waals surface area contributed by atoms with E-state index in [4.69, 9.17) is 0 Å². The summed E-state index contributed by atoms with van der Waals surface area (Å²) in [5, 5.41) is 1.23. The minimum Gasteiger partial charge on any atom is -0.748 e. The number of benzene rings is 4. The van der Waals surface area contributed by atoms with Crippen molar-refractivity contribution in [1.82, 2.24) is 0 Å². The molecular weight excluding hydrogens is 593 g/mol. The molecule has 4 aromatic carbocycles. The van der Waals surface area contributed by atoms with Crippen molar-refractivity contribution in [3.8, 4) is 22.3 Å². The molecule has 0 aliphatic carbocycles. The number of nitrogens with zero attached hydrogens (tertiary/aromatic N) is 2. The summed E-state index contributed by atoms with van der Waals surface area (Å²) in [6, 6.07) is 33.9. The van der Waals surface area contributed by atoms with Gasteiger partial charge >= 0.3 is 0 Å². The molecule has 8 heteroatoms. The van der Waals surface area contributed by atoms with Gasteiger partial charge in [0.2, 0.25) is 5.52 Å². The van der Waals surface area contributed by atoms with Crippen LogP contribution in [0.1, 0.15) is 38.1 Å². The highest BCUT2D eigenvalue weighted by molar-refractivity contribution is 8.03. The van der Waals surface area contributed by atoms with Crippen molar-refractivity contribution in [2.45, 2.75) is 49.8 Å². The Kier molecular flexibility index (Phi) is 8.73. The van der Waals surface area contributed by atoms with Gasteiger partial charge in [0.25, 0.3) is 5.01 Å². The Morgan fingerprint density at radius 2 is 1.53 bits per heavy atom. The third kappa shape index (κ3) is 6.43. The van der Waals surface area contributed by atoms with E-state index in [1.807, 2.05) is 24.3 Å². The van der Waals surface area contributed by atoms with E-state index in [0.29, 0.717) is 6.54 Å². The summed E-state index contributed by atoms with van der Waals surface area (Å²) in [5.41, 5.74) is 6.88. The number of thioether (sulfide) groups is 1. The maximum atomic E-state index is 11.8. The Morgan fingerprint density at radius 3 is 2.19 bits per heavy atom. The molecular formula is C35H34N2O3S3. The molecule has 0 fully saturated rings. The average molecular weight is 627 g/mol. The van der Waals surface area contributed by atoms with Gasteiger partial charge < -0.3 is 9.45 Å². The SMILES string of the molecule is CCCC[n+]1c(C=C2Sc3ccc(-c4ccccc4)cc3N2CCC(C)S(=O)(=O)[O-])sc2ccc(-c3ccccc3)cc21. The van der Waals surface area contributed by atoms with E-state index in [0.717, 1.165) is 51.1 Å². The second-order valence-electron chi connectivity index (χ2n) is 10.9. The summed E-state index contributed by atoms with van der Waals surface area (Å²) >= 11 is 3.47. The van der Waals surface area contributed by atoms with Crippen LogP contribution in [-0.2, 0) is 16.7 Å². The first-order valence-electron chi connectivity index (χ1n) is 14.6. The van der Waals surface area contributed by atoms with E-state index in [1.54, 1.807) is 23.1 Å². The first-order valence-corrected chi connectivity index (χ1v) is 17.8. The molecule has 2 heterocycles. The highest BCUT2D eigenvalue weighted by Gasteiger charge is 2.29. The maximum absolute atomic E-state index is 11.8. The maximum Gasteiger partial charge on any atom is 0.265 e. The van der Waals surface area contributed by atoms with E-state index < -0.39 is 15.4 Å². The molecule has 5 aromatic rings. The molecule has 0 saturated heterocycles. The van der Waals surface area contributed by atoms with Gasteiger partial charge in [0.05, 0.1) is 26.9 Å². The Labute approximate surface area is 262 Å². The lowest BCUT2D eigenvalue weighted by Crippen LogP contribution is -2.35. The predicted octanol–water partition coefficient (Wildman–Crippen LogP) is 8.56. The van der Waals surface area contributed by atoms with Gasteiger partial charge in [-0.2, -0.15) is 4.57 Å². The molecule has 5 nitrogen and oxygen atoms in total. The number of unbranched alkanes of at least 4 members (excludes halogenated alkanes) is 1. The van der Waals surface area contributed by atoms with Crippen LogP contribution in [0.25, 0.3) is 38.5 Å². The third-order valence-electron chi connectivity index (χ3n) is 7.91. The van der Waals surface area contributed by atoms with E-state index >= 15 is 0 Å². The van der Waals surface area contributed by atoms with E-state index in [2.05, 4.69) is 95.3 Å². The van der Waals surface area contributed by atoms with Crippen molar-refractivity contribution < 1.29 is 17.5 Å². The summed E-state index contributed by atoms with van der Waals surface area (Å²) < 4.78 is 39.0. The van der Waals surface area contributed by atoms with Gasteiger partial charge in [-0.05, 0) is 53.8 Å². The Bertz CT molecular complexity index is 1880. The molecule has 6 rings (SSSR count). The van der Waals surface area contributed by atoms with Gasteiger partial charge in [-0.3, -0.25) is 0 Å². The Hall–Kier alpha value is -3.43. The highest BCUT2D eigenvalue weighted by Crippen LogP contribution is 2.48. The van der Waals surface area contributed by atoms with Crippen molar-refractivity contribution in [1.29, 1.82) is 0 Å². The summed E-state index contributed by atoms with van der Waals surface area (Å²) in [6.07, 6.45) is 4.65. The summed E-state index contributed by atoms with van der Waals surface area (Å²) in [5.74, 6) is 0. The molecule has 1 aliphatic rings. The summed E-state index contributed by atoms with van der Waals surface area (Å²) in [4.78, 5) is 3.31. The number of aryl methyl sites for hydroxylation is 1. The molecule has 43 heavy (non-hydrogen) atoms. The van der Waals surface area contributed by atoms with Crippen LogP contribution in [0.5, 0.6) is 0 Å². The van der Waals surface area contributed by atoms with Crippen LogP contribution in [-0.4, -0.2) is 24.8 Å². The number of anilines is 1. The van der Waals surface area contributed by atoms with Crippen LogP contribution in [0.3, 0.4) is 0 Å². The standard InChI is InChI=1S/C35H34N2O3S3/c1-3-4-20-36-30-22-28(26-11-7-5-8-12-26)15-17-32(30)41-34(36)24-35-37(21-19-25(2)43(38,39)40)31-23-29(16-18-33(31)42-35)27-13-9-6-10-14-27/h5-18,22-25H,3-4,19-21H2,1-2H3. The zero-order valence-corrected chi connectivity index (χ0v) is 26.7. The fraction of sp³-hybridized carbons (Fsp3) is 0.229. The summed E-state index contributed by atoms with van der Waals surface area (Å²) in [7, 11) is -4.37. The van der Waals surface area contributed by atoms with Crippen LogP contribution in [0.2, 0.25) is 0 Å². The van der Waals surface area contributed by atoms with Gasteiger partial charge in [-0.25, -0.2) is 8.42 Å². The number of hydrogen-bond donors (Lipinski definition) is 0. The van der Waals surface area contributed by atoms with Crippen molar-refractivity contribution in [3.05, 3.63) is 107 Å². The topological polar surface area (TPSA) is 64.3 Å². The fourth-order valence-electron chi connectivity index (χ4n) is 5.38. The lowest BCUT2D eigenvalue weighted by Gasteiger charge is -2.24. The molecule has 0 spiro atoms. The lowest BCUT2D eigenvalue weighted by atomic mass is 10.0. The van der Waals surface area contributed by atoms with Gasteiger partial charge in [-0.1, -0.05) is 109 Å². The Balaban J connectivity index is 1.43. The zero-order chi connectivity index (χ0) is 30.0. The monoisotopic (exact) mass is 626 g/mol. The second kappa shape index (κ2) is 12.7.